The van der Waals surface area contributed by atoms with Crippen LogP contribution in [0.1, 0.15) is 25.7 Å². The fourth-order valence-corrected chi connectivity index (χ4v) is 4.07. The van der Waals surface area contributed by atoms with Crippen LogP contribution in [0.2, 0.25) is 0 Å². The second-order valence-electron chi connectivity index (χ2n) is 6.48. The molecule has 2 aromatic carbocycles. The summed E-state index contributed by atoms with van der Waals surface area (Å²) in [7, 11) is 0. The van der Waals surface area contributed by atoms with Crippen molar-refractivity contribution >= 4 is 17.3 Å². The van der Waals surface area contributed by atoms with Crippen LogP contribution in [0.4, 0.5) is 11.4 Å². The Balaban J connectivity index is 1.67. The van der Waals surface area contributed by atoms with Gasteiger partial charge in [-0.15, -0.1) is 0 Å². The Bertz CT molecular complexity index is 600. The van der Waals surface area contributed by atoms with E-state index in [2.05, 4.69) is 0 Å². The van der Waals surface area contributed by atoms with Crippen molar-refractivity contribution in [3.05, 3.63) is 60.7 Å². The number of carbonyl (C=O) groups excluding carboxylic acids is 1. The molecule has 0 bridgehead atoms. The molecule has 2 aliphatic rings. The Kier molecular flexibility index (Phi) is 3.45. The molecule has 2 fully saturated rings. The van der Waals surface area contributed by atoms with E-state index in [4.69, 9.17) is 0 Å². The number of hydrogen-bond acceptors (Lipinski definition) is 1. The number of rotatable bonds is 3. The van der Waals surface area contributed by atoms with Crippen LogP contribution in [-0.4, -0.2) is 5.91 Å². The average molecular weight is 291 g/mol. The van der Waals surface area contributed by atoms with Crippen molar-refractivity contribution in [1.29, 1.82) is 0 Å². The average Bonchev–Trinajstić information content (AvgIpc) is 3.31. The van der Waals surface area contributed by atoms with Crippen LogP contribution in [0.3, 0.4) is 0 Å². The third-order valence-corrected chi connectivity index (χ3v) is 5.19. The highest BCUT2D eigenvalue weighted by Crippen LogP contribution is 2.56. The quantitative estimate of drug-likeness (QED) is 0.796. The van der Waals surface area contributed by atoms with Crippen LogP contribution in [0, 0.1) is 17.8 Å². The maximum Gasteiger partial charge on any atom is 0.235 e. The van der Waals surface area contributed by atoms with Gasteiger partial charge in [-0.25, -0.2) is 0 Å². The number of anilines is 2. The molecule has 2 nitrogen and oxygen atoms in total. The molecule has 0 N–H and O–H groups in total. The van der Waals surface area contributed by atoms with Crippen molar-refractivity contribution < 1.29 is 4.79 Å². The molecule has 4 rings (SSSR count). The molecule has 2 saturated carbocycles. The van der Waals surface area contributed by atoms with E-state index < -0.39 is 0 Å². The zero-order valence-corrected chi connectivity index (χ0v) is 12.7. The smallest absolute Gasteiger partial charge is 0.235 e. The first kappa shape index (κ1) is 13.6. The zero-order valence-electron chi connectivity index (χ0n) is 12.7. The number of hydrogen-bond donors (Lipinski definition) is 0. The lowest BCUT2D eigenvalue weighted by molar-refractivity contribution is -0.119. The van der Waals surface area contributed by atoms with E-state index in [9.17, 15) is 4.79 Å². The lowest BCUT2D eigenvalue weighted by Crippen LogP contribution is -2.28. The molecule has 112 valence electrons. The van der Waals surface area contributed by atoms with Crippen molar-refractivity contribution in [1.82, 2.24) is 0 Å². The number of nitrogens with zero attached hydrogens (tertiary/aromatic N) is 1. The van der Waals surface area contributed by atoms with Crippen LogP contribution in [0.25, 0.3) is 0 Å². The number of benzene rings is 2. The van der Waals surface area contributed by atoms with Crippen LogP contribution in [0.15, 0.2) is 60.7 Å². The number of amides is 1. The molecular formula is C20H21NO. The predicted octanol–water partition coefficient (Wildman–Crippen LogP) is 4.79. The fourth-order valence-electron chi connectivity index (χ4n) is 4.07. The van der Waals surface area contributed by atoms with Gasteiger partial charge in [-0.05, 0) is 48.9 Å². The highest BCUT2D eigenvalue weighted by Gasteiger charge is 2.56. The Morgan fingerprint density at radius 1 is 0.773 bits per heavy atom. The third-order valence-electron chi connectivity index (χ3n) is 5.19. The first-order chi connectivity index (χ1) is 10.9. The van der Waals surface area contributed by atoms with Gasteiger partial charge in [0, 0.05) is 17.3 Å². The summed E-state index contributed by atoms with van der Waals surface area (Å²) in [5.74, 6) is 1.80. The van der Waals surface area contributed by atoms with Crippen LogP contribution in [0.5, 0.6) is 0 Å². The number of fused-ring (bicyclic) bond motifs is 1. The lowest BCUT2D eigenvalue weighted by atomic mass is 10.0. The standard InChI is InChI=1S/C20H21NO/c22-20(19-17-13-7-8-14-18(17)19)21(15-9-3-1-4-10-15)16-11-5-2-6-12-16/h1-6,9-12,17-19H,7-8,13-14H2/t17-,18-/m1/s1. The fraction of sp³-hybridized carbons (Fsp3) is 0.350. The summed E-state index contributed by atoms with van der Waals surface area (Å²) in [5.41, 5.74) is 1.95. The molecule has 22 heavy (non-hydrogen) atoms. The first-order valence-corrected chi connectivity index (χ1v) is 8.30. The molecule has 2 aliphatic carbocycles. The molecule has 0 unspecified atom stereocenters. The number of para-hydroxylation sites is 2. The van der Waals surface area contributed by atoms with E-state index in [1.54, 1.807) is 0 Å². The molecular weight excluding hydrogens is 270 g/mol. The summed E-state index contributed by atoms with van der Waals surface area (Å²) in [5, 5.41) is 0. The highest BCUT2D eigenvalue weighted by atomic mass is 16.2. The van der Waals surface area contributed by atoms with E-state index in [1.807, 2.05) is 65.6 Å². The molecule has 2 aromatic rings. The maximum atomic E-state index is 13.2. The molecule has 1 amide bonds. The highest BCUT2D eigenvalue weighted by molar-refractivity contribution is 6.03. The first-order valence-electron chi connectivity index (χ1n) is 8.30. The Labute approximate surface area is 131 Å². The predicted molar refractivity (Wildman–Crippen MR) is 89.0 cm³/mol. The molecule has 2 atom stereocenters. The van der Waals surface area contributed by atoms with Gasteiger partial charge < -0.3 is 0 Å². The Hall–Kier alpha value is -2.09. The largest absolute Gasteiger partial charge is 0.281 e. The van der Waals surface area contributed by atoms with Gasteiger partial charge in [0.05, 0.1) is 0 Å². The summed E-state index contributed by atoms with van der Waals surface area (Å²) < 4.78 is 0. The molecule has 0 aromatic heterocycles. The lowest BCUT2D eigenvalue weighted by Gasteiger charge is -2.23. The van der Waals surface area contributed by atoms with E-state index in [-0.39, 0.29) is 11.8 Å². The van der Waals surface area contributed by atoms with Gasteiger partial charge in [0.25, 0.3) is 0 Å². The van der Waals surface area contributed by atoms with Gasteiger partial charge in [-0.3, -0.25) is 9.69 Å². The van der Waals surface area contributed by atoms with Gasteiger partial charge in [-0.2, -0.15) is 0 Å². The summed E-state index contributed by atoms with van der Waals surface area (Å²) in [4.78, 5) is 15.1. The minimum atomic E-state index is 0.239. The summed E-state index contributed by atoms with van der Waals surface area (Å²) in [6.45, 7) is 0. The monoisotopic (exact) mass is 291 g/mol. The van der Waals surface area contributed by atoms with Crippen molar-refractivity contribution in [3.8, 4) is 0 Å². The van der Waals surface area contributed by atoms with E-state index in [0.29, 0.717) is 11.8 Å². The molecule has 0 spiro atoms. The van der Waals surface area contributed by atoms with Crippen LogP contribution in [-0.2, 0) is 4.79 Å². The minimum Gasteiger partial charge on any atom is -0.281 e. The van der Waals surface area contributed by atoms with Gasteiger partial charge >= 0.3 is 0 Å². The maximum absolute atomic E-state index is 13.2. The second kappa shape index (κ2) is 5.60. The van der Waals surface area contributed by atoms with E-state index >= 15 is 0 Å². The zero-order chi connectivity index (χ0) is 14.9. The van der Waals surface area contributed by atoms with Gasteiger partial charge in [0.1, 0.15) is 0 Å². The van der Waals surface area contributed by atoms with Crippen molar-refractivity contribution in [2.45, 2.75) is 25.7 Å². The minimum absolute atomic E-state index is 0.239. The molecule has 2 heteroatoms. The van der Waals surface area contributed by atoms with Gasteiger partial charge in [0.2, 0.25) is 5.91 Å². The molecule has 0 saturated heterocycles. The molecule has 0 heterocycles. The third kappa shape index (κ3) is 2.33. The molecule has 0 aliphatic heterocycles. The van der Waals surface area contributed by atoms with Crippen LogP contribution < -0.4 is 4.90 Å². The van der Waals surface area contributed by atoms with Crippen LogP contribution >= 0.6 is 0 Å². The normalized spacial score (nSPS) is 26.1. The Morgan fingerprint density at radius 2 is 1.23 bits per heavy atom. The second-order valence-corrected chi connectivity index (χ2v) is 6.48. The van der Waals surface area contributed by atoms with Crippen molar-refractivity contribution in [3.63, 3.8) is 0 Å². The van der Waals surface area contributed by atoms with E-state index in [0.717, 1.165) is 11.4 Å². The summed E-state index contributed by atoms with van der Waals surface area (Å²) in [6, 6.07) is 20.1. The SMILES string of the molecule is O=C(C1[C@@H]2CCCC[C@@H]12)N(c1ccccc1)c1ccccc1. The summed E-state index contributed by atoms with van der Waals surface area (Å²) >= 11 is 0. The van der Waals surface area contributed by atoms with Gasteiger partial charge in [-0.1, -0.05) is 49.2 Å². The number of carbonyl (C=O) groups is 1. The van der Waals surface area contributed by atoms with Crippen molar-refractivity contribution in [2.24, 2.45) is 17.8 Å². The molecule has 0 radical (unpaired) electrons. The Morgan fingerprint density at radius 3 is 1.68 bits per heavy atom. The topological polar surface area (TPSA) is 20.3 Å². The van der Waals surface area contributed by atoms with E-state index in [1.165, 1.54) is 25.7 Å². The van der Waals surface area contributed by atoms with Crippen molar-refractivity contribution in [2.75, 3.05) is 4.90 Å². The van der Waals surface area contributed by atoms with Gasteiger partial charge in [0.15, 0.2) is 0 Å². The summed E-state index contributed by atoms with van der Waals surface area (Å²) in [6.07, 6.45) is 5.06.